The second-order valence-corrected chi connectivity index (χ2v) is 4.62. The van der Waals surface area contributed by atoms with Crippen molar-refractivity contribution >= 4 is 0 Å². The van der Waals surface area contributed by atoms with Crippen LogP contribution >= 0.6 is 0 Å². The molecule has 0 aliphatic carbocycles. The van der Waals surface area contributed by atoms with Gasteiger partial charge in [0.15, 0.2) is 0 Å². The molecule has 6 N–H and O–H groups in total. The lowest BCUT2D eigenvalue weighted by Crippen LogP contribution is -2.90. The predicted molar refractivity (Wildman–Crippen MR) is 67.7 cm³/mol. The molecule has 0 amide bonds. The van der Waals surface area contributed by atoms with Crippen LogP contribution in [0.25, 0.3) is 0 Å². The topological polar surface area (TPSA) is 162 Å². The van der Waals surface area contributed by atoms with E-state index in [0.717, 1.165) is 35.5 Å². The van der Waals surface area contributed by atoms with Gasteiger partial charge >= 0.3 is 0 Å². The zero-order valence-corrected chi connectivity index (χ0v) is 13.0. The normalized spacial score (nSPS) is 47.5. The van der Waals surface area contributed by atoms with Crippen molar-refractivity contribution < 1.29 is 48.8 Å². The molecule has 0 aromatic carbocycles. The molecule has 0 radical (unpaired) electrons. The zero-order valence-electron chi connectivity index (χ0n) is 13.0. The summed E-state index contributed by atoms with van der Waals surface area (Å²) >= 11 is 0. The first-order chi connectivity index (χ1) is 10.1. The summed E-state index contributed by atoms with van der Waals surface area (Å²) in [4.78, 5) is 0. The van der Waals surface area contributed by atoms with E-state index < -0.39 is 35.7 Å². The van der Waals surface area contributed by atoms with Crippen LogP contribution in [0.3, 0.4) is 0 Å². The quantitative estimate of drug-likeness (QED) is 0.309. The lowest BCUT2D eigenvalue weighted by Gasteiger charge is -2.61. The number of ether oxygens (including phenoxy) is 6. The highest BCUT2D eigenvalue weighted by atomic mass is 16.9. The SMILES string of the molecule is COC(O)[C@@]1(OC)OC(O)[C@@](N)(OC)[C@](O)(OC)[C@@]1(O)OC. The molecule has 6 atom stereocenters. The summed E-state index contributed by atoms with van der Waals surface area (Å²) in [5, 5.41) is 41.7. The molecule has 0 spiro atoms. The van der Waals surface area contributed by atoms with Crippen molar-refractivity contribution in [2.24, 2.45) is 5.73 Å². The van der Waals surface area contributed by atoms with E-state index >= 15 is 0 Å². The smallest absolute Gasteiger partial charge is 0.287 e. The Morgan fingerprint density at radius 1 is 0.955 bits per heavy atom. The van der Waals surface area contributed by atoms with Crippen LogP contribution in [0, 0.1) is 0 Å². The highest BCUT2D eigenvalue weighted by Crippen LogP contribution is 2.50. The maximum absolute atomic E-state index is 10.8. The fourth-order valence-electron chi connectivity index (χ4n) is 2.49. The monoisotopic (exact) mass is 329 g/mol. The third-order valence-corrected chi connectivity index (χ3v) is 3.90. The van der Waals surface area contributed by atoms with Gasteiger partial charge in [0.25, 0.3) is 17.4 Å². The molecular formula is C11H23NO10. The molecule has 11 heteroatoms. The molecule has 0 bridgehead atoms. The standard InChI is InChI=1S/C11H23NO10/c1-17-7(14)9(19-3)11(16,21-5)10(15,20-4)8(12,18-2)6(13)22-9/h6-7,13-16H,12H2,1-5H3/t6?,7?,8-,9-,10+,11+/m1/s1. The van der Waals surface area contributed by atoms with Crippen LogP contribution in [-0.4, -0.2) is 91.6 Å². The van der Waals surface area contributed by atoms with Crippen LogP contribution in [0.4, 0.5) is 0 Å². The van der Waals surface area contributed by atoms with E-state index in [9.17, 15) is 20.4 Å². The van der Waals surface area contributed by atoms with Gasteiger partial charge in [-0.3, -0.25) is 5.73 Å². The minimum atomic E-state index is -2.97. The second kappa shape index (κ2) is 6.22. The predicted octanol–water partition coefficient (Wildman–Crippen LogP) is -3.39. The molecule has 1 saturated heterocycles. The maximum atomic E-state index is 10.8. The molecule has 0 aromatic rings. The number of methoxy groups -OCH3 is 5. The Balaban J connectivity index is 3.67. The number of hydrogen-bond donors (Lipinski definition) is 5. The van der Waals surface area contributed by atoms with Gasteiger partial charge in [-0.05, 0) is 0 Å². The lowest BCUT2D eigenvalue weighted by atomic mass is 9.83. The van der Waals surface area contributed by atoms with E-state index in [0.29, 0.717) is 0 Å². The van der Waals surface area contributed by atoms with E-state index in [2.05, 4.69) is 4.74 Å². The number of hydrogen-bond acceptors (Lipinski definition) is 11. The van der Waals surface area contributed by atoms with Crippen LogP contribution in [0.1, 0.15) is 0 Å². The molecule has 1 aliphatic heterocycles. The van der Waals surface area contributed by atoms with Crippen molar-refractivity contribution in [3.8, 4) is 0 Å². The average molecular weight is 329 g/mol. The third-order valence-electron chi connectivity index (χ3n) is 3.90. The van der Waals surface area contributed by atoms with Crippen molar-refractivity contribution in [2.75, 3.05) is 35.5 Å². The van der Waals surface area contributed by atoms with Gasteiger partial charge in [-0.1, -0.05) is 0 Å². The average Bonchev–Trinajstić information content (AvgIpc) is 2.54. The van der Waals surface area contributed by atoms with Crippen molar-refractivity contribution in [1.29, 1.82) is 0 Å². The largest absolute Gasteiger partial charge is 0.364 e. The summed E-state index contributed by atoms with van der Waals surface area (Å²) in [6, 6.07) is 0. The molecule has 1 heterocycles. The Morgan fingerprint density at radius 3 is 1.77 bits per heavy atom. The first-order valence-electron chi connectivity index (χ1n) is 6.11. The van der Waals surface area contributed by atoms with Gasteiger partial charge in [-0.2, -0.15) is 0 Å². The number of nitrogens with two attached hydrogens (primary N) is 1. The Hall–Kier alpha value is -0.440. The Bertz CT molecular complexity index is 391. The molecule has 22 heavy (non-hydrogen) atoms. The van der Waals surface area contributed by atoms with Gasteiger partial charge in [-0.25, -0.2) is 0 Å². The summed E-state index contributed by atoms with van der Waals surface area (Å²) in [5.41, 5.74) is 3.27. The van der Waals surface area contributed by atoms with Gasteiger partial charge in [0, 0.05) is 35.5 Å². The molecule has 0 aromatic heterocycles. The summed E-state index contributed by atoms with van der Waals surface area (Å²) in [7, 11) is 5.01. The van der Waals surface area contributed by atoms with E-state index in [1.807, 2.05) is 0 Å². The minimum Gasteiger partial charge on any atom is -0.364 e. The minimum absolute atomic E-state index is 0.956. The Labute approximate surface area is 127 Å². The summed E-state index contributed by atoms with van der Waals surface area (Å²) in [6.07, 6.45) is -4.12. The van der Waals surface area contributed by atoms with Crippen LogP contribution in [0.2, 0.25) is 0 Å². The van der Waals surface area contributed by atoms with E-state index in [1.165, 1.54) is 0 Å². The third kappa shape index (κ3) is 2.03. The van der Waals surface area contributed by atoms with Crippen molar-refractivity contribution in [2.45, 2.75) is 35.7 Å². The summed E-state index contributed by atoms with van der Waals surface area (Å²) < 4.78 is 29.3. The molecule has 0 saturated carbocycles. The summed E-state index contributed by atoms with van der Waals surface area (Å²) in [5.74, 6) is -8.53. The number of rotatable bonds is 6. The molecule has 1 aliphatic rings. The van der Waals surface area contributed by atoms with Gasteiger partial charge in [-0.15, -0.1) is 0 Å². The van der Waals surface area contributed by atoms with Crippen molar-refractivity contribution in [1.82, 2.24) is 0 Å². The second-order valence-electron chi connectivity index (χ2n) is 4.62. The molecular weight excluding hydrogens is 306 g/mol. The highest BCUT2D eigenvalue weighted by molar-refractivity contribution is 5.13. The van der Waals surface area contributed by atoms with E-state index in [4.69, 9.17) is 29.4 Å². The first kappa shape index (κ1) is 19.6. The van der Waals surface area contributed by atoms with Crippen LogP contribution < -0.4 is 5.73 Å². The molecule has 132 valence electrons. The van der Waals surface area contributed by atoms with Crippen LogP contribution in [0.15, 0.2) is 0 Å². The number of aliphatic hydroxyl groups excluding tert-OH is 2. The van der Waals surface area contributed by atoms with Crippen molar-refractivity contribution in [3.63, 3.8) is 0 Å². The Morgan fingerprint density at radius 2 is 1.45 bits per heavy atom. The fourth-order valence-corrected chi connectivity index (χ4v) is 2.49. The first-order valence-corrected chi connectivity index (χ1v) is 6.11. The van der Waals surface area contributed by atoms with E-state index in [1.54, 1.807) is 0 Å². The van der Waals surface area contributed by atoms with Crippen LogP contribution in [-0.2, 0) is 28.4 Å². The van der Waals surface area contributed by atoms with Crippen molar-refractivity contribution in [3.05, 3.63) is 0 Å². The zero-order chi connectivity index (χ0) is 17.4. The van der Waals surface area contributed by atoms with Crippen LogP contribution in [0.5, 0.6) is 0 Å². The van der Waals surface area contributed by atoms with Gasteiger partial charge in [0.05, 0.1) is 0 Å². The van der Waals surface area contributed by atoms with Gasteiger partial charge in [0.1, 0.15) is 0 Å². The number of aliphatic hydroxyl groups is 4. The highest BCUT2D eigenvalue weighted by Gasteiger charge is 2.82. The fraction of sp³-hybridized carbons (Fsp3) is 1.00. The molecule has 1 fully saturated rings. The Kier molecular flexibility index (Phi) is 5.54. The summed E-state index contributed by atoms with van der Waals surface area (Å²) in [6.45, 7) is 0. The lowest BCUT2D eigenvalue weighted by molar-refractivity contribution is -0.578. The van der Waals surface area contributed by atoms with Gasteiger partial charge in [0.2, 0.25) is 18.3 Å². The molecule has 11 nitrogen and oxygen atoms in total. The maximum Gasteiger partial charge on any atom is 0.287 e. The molecule has 1 rings (SSSR count). The van der Waals surface area contributed by atoms with Gasteiger partial charge < -0.3 is 48.8 Å². The van der Waals surface area contributed by atoms with E-state index in [-0.39, 0.29) is 0 Å². The molecule has 2 unspecified atom stereocenters.